The van der Waals surface area contributed by atoms with E-state index in [0.29, 0.717) is 15.3 Å². The van der Waals surface area contributed by atoms with Crippen molar-refractivity contribution < 1.29 is 13.2 Å². The Hall–Kier alpha value is -0.960. The van der Waals surface area contributed by atoms with Crippen molar-refractivity contribution in [1.29, 1.82) is 0 Å². The van der Waals surface area contributed by atoms with Crippen LogP contribution in [0.5, 0.6) is 0 Å². The van der Waals surface area contributed by atoms with Crippen molar-refractivity contribution in [2.45, 2.75) is 38.0 Å². The predicted octanol–water partition coefficient (Wildman–Crippen LogP) is 4.36. The van der Waals surface area contributed by atoms with Crippen LogP contribution in [0.2, 0.25) is 0 Å². The first-order valence-corrected chi connectivity index (χ1v) is 8.84. The number of rotatable bonds is 3. The van der Waals surface area contributed by atoms with Crippen LogP contribution in [0.3, 0.4) is 0 Å². The van der Waals surface area contributed by atoms with Gasteiger partial charge in [-0.3, -0.25) is 0 Å². The molecule has 2 aromatic rings. The summed E-state index contributed by atoms with van der Waals surface area (Å²) >= 11 is 1.97. The molecule has 2 heterocycles. The second-order valence-electron chi connectivity index (χ2n) is 5.93. The maximum atomic E-state index is 12.8. The van der Waals surface area contributed by atoms with Gasteiger partial charge in [-0.1, -0.05) is 6.07 Å². The lowest BCUT2D eigenvalue weighted by atomic mass is 10.1. The SMILES string of the molecule is FC(F)(F)Cn1c(I)cc2c(NC3CCCNCC3)cccc21. The number of alkyl halides is 3. The van der Waals surface area contributed by atoms with Gasteiger partial charge in [-0.15, -0.1) is 0 Å². The van der Waals surface area contributed by atoms with Crippen LogP contribution in [0.15, 0.2) is 24.3 Å². The highest BCUT2D eigenvalue weighted by Crippen LogP contribution is 2.31. The molecule has 1 fully saturated rings. The molecule has 1 atom stereocenters. The maximum Gasteiger partial charge on any atom is 0.406 e. The Bertz CT molecular complexity index is 673. The van der Waals surface area contributed by atoms with Crippen LogP contribution >= 0.6 is 22.6 Å². The molecular formula is C16H19F3IN3. The number of hydrogen-bond donors (Lipinski definition) is 2. The Labute approximate surface area is 146 Å². The molecule has 126 valence electrons. The molecule has 7 heteroatoms. The van der Waals surface area contributed by atoms with Crippen LogP contribution in [-0.4, -0.2) is 29.9 Å². The molecule has 1 saturated heterocycles. The van der Waals surface area contributed by atoms with E-state index in [9.17, 15) is 13.2 Å². The molecule has 1 unspecified atom stereocenters. The smallest absolute Gasteiger partial charge is 0.382 e. The molecule has 0 bridgehead atoms. The second kappa shape index (κ2) is 6.88. The molecular weight excluding hydrogens is 418 g/mol. The van der Waals surface area contributed by atoms with Crippen LogP contribution < -0.4 is 10.6 Å². The molecule has 3 rings (SSSR count). The summed E-state index contributed by atoms with van der Waals surface area (Å²) in [6, 6.07) is 7.72. The van der Waals surface area contributed by atoms with Gasteiger partial charge in [0.1, 0.15) is 6.54 Å². The fraction of sp³-hybridized carbons (Fsp3) is 0.500. The summed E-state index contributed by atoms with van der Waals surface area (Å²) in [5, 5.41) is 7.76. The van der Waals surface area contributed by atoms with Crippen molar-refractivity contribution in [3.63, 3.8) is 0 Å². The zero-order valence-electron chi connectivity index (χ0n) is 12.6. The van der Waals surface area contributed by atoms with Crippen LogP contribution in [0, 0.1) is 3.70 Å². The lowest BCUT2D eigenvalue weighted by Gasteiger charge is -2.18. The number of nitrogens with one attached hydrogen (secondary N) is 2. The lowest BCUT2D eigenvalue weighted by molar-refractivity contribution is -0.140. The molecule has 2 N–H and O–H groups in total. The molecule has 1 aliphatic heterocycles. The zero-order valence-corrected chi connectivity index (χ0v) is 14.7. The van der Waals surface area contributed by atoms with Crippen molar-refractivity contribution in [3.05, 3.63) is 28.0 Å². The van der Waals surface area contributed by atoms with Gasteiger partial charge in [0.15, 0.2) is 0 Å². The average Bonchev–Trinajstić information content (AvgIpc) is 2.66. The first-order valence-electron chi connectivity index (χ1n) is 7.76. The summed E-state index contributed by atoms with van der Waals surface area (Å²) < 4.78 is 40.3. The van der Waals surface area contributed by atoms with Gasteiger partial charge in [0.05, 0.1) is 9.22 Å². The van der Waals surface area contributed by atoms with Crippen LogP contribution in [-0.2, 0) is 6.54 Å². The molecule has 1 aromatic carbocycles. The van der Waals surface area contributed by atoms with Gasteiger partial charge >= 0.3 is 6.18 Å². The highest BCUT2D eigenvalue weighted by molar-refractivity contribution is 14.1. The van der Waals surface area contributed by atoms with Crippen LogP contribution in [0.1, 0.15) is 19.3 Å². The normalized spacial score (nSPS) is 19.7. The minimum atomic E-state index is -4.22. The number of anilines is 1. The zero-order chi connectivity index (χ0) is 16.4. The van der Waals surface area contributed by atoms with Gasteiger partial charge in [-0.25, -0.2) is 0 Å². The van der Waals surface area contributed by atoms with E-state index in [1.54, 1.807) is 6.07 Å². The Kier molecular flexibility index (Phi) is 5.05. The first-order chi connectivity index (χ1) is 10.9. The largest absolute Gasteiger partial charge is 0.406 e. The minimum absolute atomic E-state index is 0.360. The molecule has 0 aliphatic carbocycles. The van der Waals surface area contributed by atoms with E-state index in [4.69, 9.17) is 0 Å². The van der Waals surface area contributed by atoms with E-state index in [1.165, 1.54) is 4.57 Å². The Morgan fingerprint density at radius 1 is 1.26 bits per heavy atom. The van der Waals surface area contributed by atoms with E-state index < -0.39 is 12.7 Å². The standard InChI is InChI=1S/C16H19F3IN3/c17-16(18,19)10-23-14-5-1-4-13(12(14)9-15(23)20)22-11-3-2-7-21-8-6-11/h1,4-5,9,11,21-22H,2-3,6-8,10H2. The summed E-state index contributed by atoms with van der Waals surface area (Å²) in [7, 11) is 0. The van der Waals surface area contributed by atoms with Gasteiger partial charge in [0.25, 0.3) is 0 Å². The molecule has 0 radical (unpaired) electrons. The van der Waals surface area contributed by atoms with Crippen molar-refractivity contribution in [3.8, 4) is 0 Å². The van der Waals surface area contributed by atoms with Crippen LogP contribution in [0.4, 0.5) is 18.9 Å². The number of nitrogens with zero attached hydrogens (tertiary/aromatic N) is 1. The van der Waals surface area contributed by atoms with Crippen molar-refractivity contribution in [2.75, 3.05) is 18.4 Å². The molecule has 3 nitrogen and oxygen atoms in total. The number of hydrogen-bond acceptors (Lipinski definition) is 2. The van der Waals surface area contributed by atoms with Gasteiger partial charge in [-0.2, -0.15) is 13.2 Å². The number of halogens is 4. The van der Waals surface area contributed by atoms with E-state index in [0.717, 1.165) is 43.4 Å². The van der Waals surface area contributed by atoms with Crippen LogP contribution in [0.25, 0.3) is 10.9 Å². The van der Waals surface area contributed by atoms with E-state index in [2.05, 4.69) is 10.6 Å². The van der Waals surface area contributed by atoms with E-state index in [-0.39, 0.29) is 0 Å². The monoisotopic (exact) mass is 437 g/mol. The van der Waals surface area contributed by atoms with Gasteiger partial charge in [0, 0.05) is 17.1 Å². The second-order valence-corrected chi connectivity index (χ2v) is 7.03. The number of fused-ring (bicyclic) bond motifs is 1. The van der Waals surface area contributed by atoms with Crippen molar-refractivity contribution in [2.24, 2.45) is 0 Å². The summed E-state index contributed by atoms with van der Waals surface area (Å²) in [5.41, 5.74) is 1.55. The quantitative estimate of drug-likeness (QED) is 0.699. The van der Waals surface area contributed by atoms with E-state index >= 15 is 0 Å². The Balaban J connectivity index is 1.91. The molecule has 0 spiro atoms. The fourth-order valence-corrected chi connectivity index (χ4v) is 3.84. The first kappa shape index (κ1) is 16.9. The molecule has 0 saturated carbocycles. The van der Waals surface area contributed by atoms with E-state index in [1.807, 2.05) is 40.8 Å². The summed E-state index contributed by atoms with van der Waals surface area (Å²) in [5.74, 6) is 0. The highest BCUT2D eigenvalue weighted by Gasteiger charge is 2.29. The average molecular weight is 437 g/mol. The van der Waals surface area contributed by atoms with Gasteiger partial charge in [-0.05, 0) is 73.1 Å². The Morgan fingerprint density at radius 2 is 2.09 bits per heavy atom. The third-order valence-electron chi connectivity index (χ3n) is 4.17. The van der Waals surface area contributed by atoms with Gasteiger partial charge < -0.3 is 15.2 Å². The third-order valence-corrected chi connectivity index (χ3v) is 5.06. The molecule has 1 aliphatic rings. The predicted molar refractivity (Wildman–Crippen MR) is 94.8 cm³/mol. The maximum absolute atomic E-state index is 12.8. The van der Waals surface area contributed by atoms with Crippen molar-refractivity contribution in [1.82, 2.24) is 9.88 Å². The fourth-order valence-electron chi connectivity index (χ4n) is 3.10. The molecule has 1 aromatic heterocycles. The minimum Gasteiger partial charge on any atom is -0.382 e. The summed E-state index contributed by atoms with van der Waals surface area (Å²) in [6.45, 7) is 1.05. The lowest BCUT2D eigenvalue weighted by Crippen LogP contribution is -2.21. The van der Waals surface area contributed by atoms with Crippen molar-refractivity contribution >= 4 is 39.2 Å². The summed E-state index contributed by atoms with van der Waals surface area (Å²) in [4.78, 5) is 0. The highest BCUT2D eigenvalue weighted by atomic mass is 127. The molecule has 23 heavy (non-hydrogen) atoms. The summed E-state index contributed by atoms with van der Waals surface area (Å²) in [6.07, 6.45) is -1.01. The number of benzene rings is 1. The topological polar surface area (TPSA) is 29.0 Å². The van der Waals surface area contributed by atoms with Gasteiger partial charge in [0.2, 0.25) is 0 Å². The molecule has 0 amide bonds. The Morgan fingerprint density at radius 3 is 2.87 bits per heavy atom. The third kappa shape index (κ3) is 4.12. The number of aromatic nitrogens is 1.